The van der Waals surface area contributed by atoms with E-state index in [1.165, 1.54) is 0 Å². The molecule has 0 aromatic heterocycles. The van der Waals surface area contributed by atoms with Gasteiger partial charge in [-0.3, -0.25) is 4.79 Å². The van der Waals surface area contributed by atoms with E-state index in [4.69, 9.17) is 0 Å². The van der Waals surface area contributed by atoms with Gasteiger partial charge in [0, 0.05) is 0 Å². The maximum Gasteiger partial charge on any atom is 0.152 e. The van der Waals surface area contributed by atoms with Crippen molar-refractivity contribution in [3.8, 4) is 0 Å². The highest BCUT2D eigenvalue weighted by atomic mass is 16.1. The van der Waals surface area contributed by atoms with E-state index in [0.717, 1.165) is 5.56 Å². The van der Waals surface area contributed by atoms with Crippen molar-refractivity contribution in [3.05, 3.63) is 42.0 Å². The lowest BCUT2D eigenvalue weighted by Gasteiger charge is -1.88. The van der Waals surface area contributed by atoms with Gasteiger partial charge in [-0.1, -0.05) is 50.3 Å². The third-order valence-corrected chi connectivity index (χ3v) is 1.31. The van der Waals surface area contributed by atoms with E-state index < -0.39 is 0 Å². The molecular weight excluding hydrogens is 160 g/mol. The number of hydrogen-bond acceptors (Lipinski definition) is 1. The lowest BCUT2D eigenvalue weighted by molar-refractivity contribution is -0.112. The monoisotopic (exact) mass is 176 g/mol. The van der Waals surface area contributed by atoms with Gasteiger partial charge in [-0.25, -0.2) is 0 Å². The Morgan fingerprint density at radius 3 is 2.15 bits per heavy atom. The summed E-state index contributed by atoms with van der Waals surface area (Å²) in [6.07, 6.45) is 3.37. The Kier molecular flexibility index (Phi) is 6.52. The maximum absolute atomic E-state index is 10.5. The second kappa shape index (κ2) is 7.29. The van der Waals surface area contributed by atoms with Crippen LogP contribution in [0, 0.1) is 0 Å². The van der Waals surface area contributed by atoms with Gasteiger partial charge in [0.15, 0.2) is 5.78 Å². The summed E-state index contributed by atoms with van der Waals surface area (Å²) in [6.45, 7) is 5.54. The first-order chi connectivity index (χ1) is 6.29. The van der Waals surface area contributed by atoms with Crippen molar-refractivity contribution < 1.29 is 4.79 Å². The normalized spacial score (nSPS) is 9.15. The molecule has 0 saturated carbocycles. The van der Waals surface area contributed by atoms with Crippen molar-refractivity contribution in [1.82, 2.24) is 0 Å². The lowest BCUT2D eigenvalue weighted by Crippen LogP contribution is -1.79. The average molecular weight is 176 g/mol. The highest BCUT2D eigenvalue weighted by Crippen LogP contribution is 2.00. The highest BCUT2D eigenvalue weighted by Gasteiger charge is 1.83. The Morgan fingerprint density at radius 1 is 1.15 bits per heavy atom. The zero-order valence-corrected chi connectivity index (χ0v) is 8.45. The van der Waals surface area contributed by atoms with Gasteiger partial charge in [-0.15, -0.1) is 0 Å². The Hall–Kier alpha value is -1.37. The van der Waals surface area contributed by atoms with Crippen LogP contribution in [0.4, 0.5) is 0 Å². The molecule has 0 aliphatic rings. The smallest absolute Gasteiger partial charge is 0.152 e. The SMILES string of the molecule is CC.CC(=O)/C=C\c1ccccc1. The van der Waals surface area contributed by atoms with Crippen LogP contribution in [0.15, 0.2) is 36.4 Å². The third-order valence-electron chi connectivity index (χ3n) is 1.31. The largest absolute Gasteiger partial charge is 0.295 e. The zero-order chi connectivity index (χ0) is 10.1. The van der Waals surface area contributed by atoms with Crippen molar-refractivity contribution in [3.63, 3.8) is 0 Å². The van der Waals surface area contributed by atoms with Gasteiger partial charge in [0.2, 0.25) is 0 Å². The van der Waals surface area contributed by atoms with E-state index in [1.807, 2.05) is 50.3 Å². The lowest BCUT2D eigenvalue weighted by atomic mass is 10.2. The van der Waals surface area contributed by atoms with Crippen LogP contribution in [-0.2, 0) is 4.79 Å². The fourth-order valence-corrected chi connectivity index (χ4v) is 0.778. The fraction of sp³-hybridized carbons (Fsp3) is 0.250. The van der Waals surface area contributed by atoms with Gasteiger partial charge < -0.3 is 0 Å². The van der Waals surface area contributed by atoms with Gasteiger partial charge in [0.25, 0.3) is 0 Å². The molecule has 13 heavy (non-hydrogen) atoms. The molecule has 1 heteroatoms. The van der Waals surface area contributed by atoms with E-state index in [1.54, 1.807) is 13.0 Å². The Balaban J connectivity index is 0.000000671. The highest BCUT2D eigenvalue weighted by molar-refractivity contribution is 5.91. The molecule has 0 aliphatic heterocycles. The summed E-state index contributed by atoms with van der Waals surface area (Å²) >= 11 is 0. The van der Waals surface area contributed by atoms with Crippen LogP contribution in [0.2, 0.25) is 0 Å². The van der Waals surface area contributed by atoms with E-state index in [9.17, 15) is 4.79 Å². The first-order valence-corrected chi connectivity index (χ1v) is 4.53. The van der Waals surface area contributed by atoms with Crippen LogP contribution >= 0.6 is 0 Å². The molecule has 0 N–H and O–H groups in total. The first kappa shape index (κ1) is 11.6. The number of rotatable bonds is 2. The molecule has 0 aliphatic carbocycles. The Morgan fingerprint density at radius 2 is 1.69 bits per heavy atom. The van der Waals surface area contributed by atoms with Crippen molar-refractivity contribution in [2.45, 2.75) is 20.8 Å². The molecule has 0 amide bonds. The van der Waals surface area contributed by atoms with E-state index >= 15 is 0 Å². The van der Waals surface area contributed by atoms with Gasteiger partial charge in [0.1, 0.15) is 0 Å². The predicted octanol–water partition coefficient (Wildman–Crippen LogP) is 3.32. The molecule has 70 valence electrons. The standard InChI is InChI=1S/C10H10O.C2H6/c1-9(11)7-8-10-5-3-2-4-6-10;1-2/h2-8H,1H3;1-2H3/b8-7-;. The molecule has 0 radical (unpaired) electrons. The summed E-state index contributed by atoms with van der Waals surface area (Å²) in [5.74, 6) is 0.0776. The number of allylic oxidation sites excluding steroid dienone is 1. The van der Waals surface area contributed by atoms with Crippen LogP contribution in [0.5, 0.6) is 0 Å². The van der Waals surface area contributed by atoms with Crippen LogP contribution < -0.4 is 0 Å². The quantitative estimate of drug-likeness (QED) is 0.632. The Bertz CT molecular complexity index is 260. The molecule has 0 bridgehead atoms. The molecule has 1 rings (SSSR count). The first-order valence-electron chi connectivity index (χ1n) is 4.53. The van der Waals surface area contributed by atoms with Crippen LogP contribution in [0.1, 0.15) is 26.3 Å². The fourth-order valence-electron chi connectivity index (χ4n) is 0.778. The molecule has 1 aromatic rings. The van der Waals surface area contributed by atoms with Crippen LogP contribution in [0.25, 0.3) is 6.08 Å². The van der Waals surface area contributed by atoms with Crippen molar-refractivity contribution in [2.75, 3.05) is 0 Å². The zero-order valence-electron chi connectivity index (χ0n) is 8.45. The molecule has 0 fully saturated rings. The molecular formula is C12H16O. The maximum atomic E-state index is 10.5. The van der Waals surface area contributed by atoms with E-state index in [2.05, 4.69) is 0 Å². The molecule has 0 unspecified atom stereocenters. The molecule has 1 aromatic carbocycles. The number of carbonyl (C=O) groups is 1. The minimum Gasteiger partial charge on any atom is -0.295 e. The van der Waals surface area contributed by atoms with Gasteiger partial charge in [-0.05, 0) is 18.6 Å². The van der Waals surface area contributed by atoms with E-state index in [-0.39, 0.29) is 5.78 Å². The van der Waals surface area contributed by atoms with Crippen molar-refractivity contribution >= 4 is 11.9 Å². The van der Waals surface area contributed by atoms with Gasteiger partial charge in [0.05, 0.1) is 0 Å². The number of ketones is 1. The number of benzene rings is 1. The van der Waals surface area contributed by atoms with Gasteiger partial charge >= 0.3 is 0 Å². The third kappa shape index (κ3) is 5.85. The topological polar surface area (TPSA) is 17.1 Å². The molecule has 0 saturated heterocycles. The molecule has 1 nitrogen and oxygen atoms in total. The predicted molar refractivity (Wildman–Crippen MR) is 57.5 cm³/mol. The van der Waals surface area contributed by atoms with Crippen molar-refractivity contribution in [1.29, 1.82) is 0 Å². The summed E-state index contributed by atoms with van der Waals surface area (Å²) in [4.78, 5) is 10.5. The molecule has 0 spiro atoms. The van der Waals surface area contributed by atoms with Crippen LogP contribution in [-0.4, -0.2) is 5.78 Å². The Labute approximate surface area is 80.1 Å². The minimum atomic E-state index is 0.0776. The average Bonchev–Trinajstić information content (AvgIpc) is 2.19. The second-order valence-electron chi connectivity index (χ2n) is 2.35. The minimum absolute atomic E-state index is 0.0776. The molecule has 0 heterocycles. The number of carbonyl (C=O) groups excluding carboxylic acids is 1. The van der Waals surface area contributed by atoms with E-state index in [0.29, 0.717) is 0 Å². The summed E-state index contributed by atoms with van der Waals surface area (Å²) in [7, 11) is 0. The van der Waals surface area contributed by atoms with Crippen LogP contribution in [0.3, 0.4) is 0 Å². The molecule has 0 atom stereocenters. The summed E-state index contributed by atoms with van der Waals surface area (Å²) < 4.78 is 0. The number of hydrogen-bond donors (Lipinski definition) is 0. The van der Waals surface area contributed by atoms with Gasteiger partial charge in [-0.2, -0.15) is 0 Å². The summed E-state index contributed by atoms with van der Waals surface area (Å²) in [5.41, 5.74) is 1.06. The summed E-state index contributed by atoms with van der Waals surface area (Å²) in [6, 6.07) is 9.75. The second-order valence-corrected chi connectivity index (χ2v) is 2.35. The van der Waals surface area contributed by atoms with Crippen molar-refractivity contribution in [2.24, 2.45) is 0 Å². The summed E-state index contributed by atoms with van der Waals surface area (Å²) in [5, 5.41) is 0.